The van der Waals surface area contributed by atoms with Gasteiger partial charge < -0.3 is 9.72 Å². The Hall–Kier alpha value is -1.81. The summed E-state index contributed by atoms with van der Waals surface area (Å²) in [7, 11) is 0. The van der Waals surface area contributed by atoms with E-state index in [4.69, 9.17) is 10.00 Å². The summed E-state index contributed by atoms with van der Waals surface area (Å²) in [5, 5.41) is 8.73. The van der Waals surface area contributed by atoms with Gasteiger partial charge in [-0.3, -0.25) is 0 Å². The summed E-state index contributed by atoms with van der Waals surface area (Å²) >= 11 is 1.04. The van der Waals surface area contributed by atoms with Crippen LogP contribution in [0.15, 0.2) is 9.82 Å². The van der Waals surface area contributed by atoms with Crippen LogP contribution in [0.5, 0.6) is 0 Å². The Morgan fingerprint density at radius 3 is 2.94 bits per heavy atom. The highest BCUT2D eigenvalue weighted by molar-refractivity contribution is 7.99. The van der Waals surface area contributed by atoms with Gasteiger partial charge >= 0.3 is 11.7 Å². The smallest absolute Gasteiger partial charge is 0.346 e. The fourth-order valence-corrected chi connectivity index (χ4v) is 1.94. The molecule has 7 heteroatoms. The molecule has 0 aliphatic carbocycles. The first kappa shape index (κ1) is 13.3. The molecule has 1 rings (SSSR count). The van der Waals surface area contributed by atoms with Crippen LogP contribution >= 0.6 is 11.8 Å². The number of nitrogens with zero attached hydrogens (tertiary/aromatic N) is 2. The lowest BCUT2D eigenvalue weighted by molar-refractivity contribution is 0.0519. The maximum absolute atomic E-state index is 11.7. The zero-order valence-electron chi connectivity index (χ0n) is 9.44. The molecule has 0 atom stereocenters. The topological polar surface area (TPSA) is 95.8 Å². The van der Waals surface area contributed by atoms with Crippen LogP contribution in [0.3, 0.4) is 0 Å². The quantitative estimate of drug-likeness (QED) is 0.486. The Kier molecular flexibility index (Phi) is 4.72. The summed E-state index contributed by atoms with van der Waals surface area (Å²) in [5.41, 5.74) is 0.0616. The van der Waals surface area contributed by atoms with E-state index in [0.29, 0.717) is 5.69 Å². The third kappa shape index (κ3) is 3.32. The molecule has 0 aromatic carbocycles. The second-order valence-electron chi connectivity index (χ2n) is 3.01. The number of hydrogen-bond donors (Lipinski definition) is 1. The van der Waals surface area contributed by atoms with Crippen LogP contribution in [0.25, 0.3) is 0 Å². The summed E-state index contributed by atoms with van der Waals surface area (Å²) in [6.07, 6.45) is 0. The van der Waals surface area contributed by atoms with Gasteiger partial charge in [0.05, 0.1) is 18.4 Å². The van der Waals surface area contributed by atoms with E-state index in [1.165, 1.54) is 0 Å². The van der Waals surface area contributed by atoms with Gasteiger partial charge in [-0.25, -0.2) is 9.59 Å². The second kappa shape index (κ2) is 6.06. The first-order chi connectivity index (χ1) is 8.10. The standard InChI is InChI=1S/C10H11N3O3S/c1-3-16-9(14)7-6(2)12-10(15)13-8(7)17-5-4-11/h3,5H2,1-2H3,(H,12,13,15). The summed E-state index contributed by atoms with van der Waals surface area (Å²) < 4.78 is 4.87. The van der Waals surface area contributed by atoms with Crippen LogP contribution in [0, 0.1) is 18.3 Å². The number of nitrogens with one attached hydrogen (secondary N) is 1. The zero-order chi connectivity index (χ0) is 12.8. The van der Waals surface area contributed by atoms with Gasteiger partial charge in [0, 0.05) is 5.69 Å². The minimum absolute atomic E-state index is 0.113. The first-order valence-electron chi connectivity index (χ1n) is 4.88. The Labute approximate surface area is 102 Å². The van der Waals surface area contributed by atoms with Crippen molar-refractivity contribution in [3.05, 3.63) is 21.7 Å². The van der Waals surface area contributed by atoms with Gasteiger partial charge in [0.2, 0.25) is 0 Å². The van der Waals surface area contributed by atoms with E-state index in [0.717, 1.165) is 11.8 Å². The average Bonchev–Trinajstić information content (AvgIpc) is 2.25. The molecule has 0 spiro atoms. The van der Waals surface area contributed by atoms with Crippen molar-refractivity contribution >= 4 is 17.7 Å². The number of aromatic amines is 1. The molecule has 0 unspecified atom stereocenters. The largest absolute Gasteiger partial charge is 0.462 e. The number of aryl methyl sites for hydroxylation is 1. The van der Waals surface area contributed by atoms with Gasteiger partial charge in [0.25, 0.3) is 0 Å². The molecule has 17 heavy (non-hydrogen) atoms. The maximum Gasteiger partial charge on any atom is 0.346 e. The lowest BCUT2D eigenvalue weighted by Crippen LogP contribution is -2.19. The molecule has 0 bridgehead atoms. The highest BCUT2D eigenvalue weighted by Gasteiger charge is 2.18. The predicted molar refractivity (Wildman–Crippen MR) is 61.9 cm³/mol. The molecule has 1 aromatic heterocycles. The number of hydrogen-bond acceptors (Lipinski definition) is 6. The van der Waals surface area contributed by atoms with Crippen LogP contribution in [0.2, 0.25) is 0 Å². The van der Waals surface area contributed by atoms with Gasteiger partial charge in [-0.2, -0.15) is 10.2 Å². The van der Waals surface area contributed by atoms with E-state index in [-0.39, 0.29) is 22.9 Å². The molecule has 0 aliphatic rings. The van der Waals surface area contributed by atoms with E-state index in [2.05, 4.69) is 9.97 Å². The van der Waals surface area contributed by atoms with Gasteiger partial charge in [-0.05, 0) is 13.8 Å². The first-order valence-corrected chi connectivity index (χ1v) is 5.86. The van der Waals surface area contributed by atoms with E-state index in [9.17, 15) is 9.59 Å². The van der Waals surface area contributed by atoms with Gasteiger partial charge in [-0.1, -0.05) is 11.8 Å². The molecular weight excluding hydrogens is 242 g/mol. The molecule has 0 saturated carbocycles. The van der Waals surface area contributed by atoms with Crippen molar-refractivity contribution < 1.29 is 9.53 Å². The summed E-state index contributed by atoms with van der Waals surface area (Å²) in [4.78, 5) is 29.0. The molecule has 1 N–H and O–H groups in total. The number of H-pyrrole nitrogens is 1. The van der Waals surface area contributed by atoms with Crippen molar-refractivity contribution in [2.24, 2.45) is 0 Å². The maximum atomic E-state index is 11.7. The summed E-state index contributed by atoms with van der Waals surface area (Å²) in [6, 6.07) is 1.91. The number of ether oxygens (including phenoxy) is 1. The van der Waals surface area contributed by atoms with Crippen molar-refractivity contribution in [2.75, 3.05) is 12.4 Å². The third-order valence-corrected chi connectivity index (χ3v) is 2.68. The van der Waals surface area contributed by atoms with E-state index < -0.39 is 11.7 Å². The number of carbonyl (C=O) groups excluding carboxylic acids is 1. The number of aromatic nitrogens is 2. The highest BCUT2D eigenvalue weighted by Crippen LogP contribution is 2.21. The second-order valence-corrected chi connectivity index (χ2v) is 3.98. The number of carbonyl (C=O) groups is 1. The highest BCUT2D eigenvalue weighted by atomic mass is 32.2. The predicted octanol–water partition coefficient (Wildman–Crippen LogP) is 0.871. The van der Waals surface area contributed by atoms with Crippen LogP contribution in [0.4, 0.5) is 0 Å². The van der Waals surface area contributed by atoms with Gasteiger partial charge in [0.1, 0.15) is 10.6 Å². The lowest BCUT2D eigenvalue weighted by atomic mass is 10.2. The van der Waals surface area contributed by atoms with E-state index in [1.807, 2.05) is 6.07 Å². The Bertz CT molecular complexity index is 519. The number of rotatable bonds is 4. The monoisotopic (exact) mass is 253 g/mol. The van der Waals surface area contributed by atoms with Crippen molar-refractivity contribution in [1.82, 2.24) is 9.97 Å². The minimum atomic E-state index is -0.547. The fourth-order valence-electron chi connectivity index (χ4n) is 1.21. The molecule has 6 nitrogen and oxygen atoms in total. The average molecular weight is 253 g/mol. The van der Waals surface area contributed by atoms with Crippen molar-refractivity contribution in [2.45, 2.75) is 18.9 Å². The zero-order valence-corrected chi connectivity index (χ0v) is 10.3. The Morgan fingerprint density at radius 2 is 2.35 bits per heavy atom. The summed E-state index contributed by atoms with van der Waals surface area (Å²) in [6.45, 7) is 3.51. The molecule has 0 aliphatic heterocycles. The molecule has 0 radical (unpaired) electrons. The van der Waals surface area contributed by atoms with Crippen LogP contribution in [-0.4, -0.2) is 28.3 Å². The third-order valence-electron chi connectivity index (χ3n) is 1.84. The number of esters is 1. The van der Waals surface area contributed by atoms with Gasteiger partial charge in [-0.15, -0.1) is 0 Å². The van der Waals surface area contributed by atoms with Crippen LogP contribution in [0.1, 0.15) is 23.0 Å². The SMILES string of the molecule is CCOC(=O)c1c(SCC#N)nc(=O)[nH]c1C. The number of thioether (sulfide) groups is 1. The minimum Gasteiger partial charge on any atom is -0.462 e. The molecule has 1 aromatic rings. The number of nitriles is 1. The molecule has 0 saturated heterocycles. The van der Waals surface area contributed by atoms with E-state index >= 15 is 0 Å². The molecular formula is C10H11N3O3S. The van der Waals surface area contributed by atoms with Crippen molar-refractivity contribution in [3.63, 3.8) is 0 Å². The van der Waals surface area contributed by atoms with Crippen LogP contribution < -0.4 is 5.69 Å². The van der Waals surface area contributed by atoms with Gasteiger partial charge in [0.15, 0.2) is 0 Å². The molecule has 0 fully saturated rings. The summed E-state index contributed by atoms with van der Waals surface area (Å²) in [5.74, 6) is -0.434. The van der Waals surface area contributed by atoms with Crippen molar-refractivity contribution in [1.29, 1.82) is 5.26 Å². The Morgan fingerprint density at radius 1 is 1.65 bits per heavy atom. The Balaban J connectivity index is 3.20. The normalized spacial score (nSPS) is 9.71. The lowest BCUT2D eigenvalue weighted by Gasteiger charge is -2.08. The fraction of sp³-hybridized carbons (Fsp3) is 0.400. The van der Waals surface area contributed by atoms with E-state index in [1.54, 1.807) is 13.8 Å². The van der Waals surface area contributed by atoms with Crippen LogP contribution in [-0.2, 0) is 4.74 Å². The molecule has 1 heterocycles. The molecule has 0 amide bonds. The molecule has 90 valence electrons. The van der Waals surface area contributed by atoms with Crippen molar-refractivity contribution in [3.8, 4) is 6.07 Å².